The molecule has 4 aliphatic carbocycles. The van der Waals surface area contributed by atoms with Crippen LogP contribution in [0.2, 0.25) is 0 Å². The molecule has 4 bridgehead atoms. The van der Waals surface area contributed by atoms with Gasteiger partial charge in [-0.05, 0) is 80.0 Å². The Labute approximate surface area is 182 Å². The van der Waals surface area contributed by atoms with Crippen molar-refractivity contribution in [3.63, 3.8) is 0 Å². The Morgan fingerprint density at radius 2 is 1.68 bits per heavy atom. The van der Waals surface area contributed by atoms with Crippen molar-refractivity contribution in [1.29, 1.82) is 0 Å². The molecule has 0 radical (unpaired) electrons. The molecule has 0 aromatic heterocycles. The first-order valence-corrected chi connectivity index (χ1v) is 11.5. The van der Waals surface area contributed by atoms with Crippen molar-refractivity contribution >= 4 is 23.2 Å². The highest BCUT2D eigenvalue weighted by Gasteiger charge is 2.54. The third kappa shape index (κ3) is 3.31. The summed E-state index contributed by atoms with van der Waals surface area (Å²) in [6, 6.07) is 15.6. The number of benzene rings is 2. The normalized spacial score (nSPS) is 30.6. The highest BCUT2D eigenvalue weighted by atomic mass is 16.5. The third-order valence-corrected chi connectivity index (χ3v) is 7.86. The summed E-state index contributed by atoms with van der Waals surface area (Å²) in [4.78, 5) is 27.8. The van der Waals surface area contributed by atoms with Gasteiger partial charge in [0.05, 0.1) is 17.6 Å². The average Bonchev–Trinajstić information content (AvgIpc) is 2.76. The molecular weight excluding hydrogens is 388 g/mol. The molecule has 2 amide bonds. The summed E-state index contributed by atoms with van der Waals surface area (Å²) in [5.41, 5.74) is 2.34. The summed E-state index contributed by atoms with van der Waals surface area (Å²) in [5.74, 6) is 2.97. The van der Waals surface area contributed by atoms with Gasteiger partial charge in [-0.2, -0.15) is 0 Å². The van der Waals surface area contributed by atoms with Gasteiger partial charge in [0.1, 0.15) is 5.75 Å². The van der Waals surface area contributed by atoms with E-state index in [1.807, 2.05) is 48.5 Å². The predicted molar refractivity (Wildman–Crippen MR) is 119 cm³/mol. The van der Waals surface area contributed by atoms with Crippen molar-refractivity contribution in [3.8, 4) is 5.75 Å². The van der Waals surface area contributed by atoms with E-state index >= 15 is 0 Å². The molecule has 4 saturated carbocycles. The molecule has 1 aliphatic heterocycles. The van der Waals surface area contributed by atoms with Crippen molar-refractivity contribution in [2.75, 3.05) is 16.8 Å². The molecule has 2 aromatic rings. The number of carbonyl (C=O) groups is 2. The van der Waals surface area contributed by atoms with Crippen LogP contribution in [0, 0.1) is 23.2 Å². The van der Waals surface area contributed by atoms with E-state index in [9.17, 15) is 9.59 Å². The first kappa shape index (κ1) is 18.9. The minimum absolute atomic E-state index is 0.0405. The summed E-state index contributed by atoms with van der Waals surface area (Å²) in [5, 5.41) is 3.22. The van der Waals surface area contributed by atoms with Crippen LogP contribution in [0.1, 0.15) is 44.1 Å². The maximum absolute atomic E-state index is 13.4. The average molecular weight is 417 g/mol. The van der Waals surface area contributed by atoms with Crippen LogP contribution in [0.3, 0.4) is 0 Å². The summed E-state index contributed by atoms with van der Waals surface area (Å²) in [6.07, 6.45) is 7.07. The zero-order chi connectivity index (χ0) is 21.0. The molecular formula is C26H28N2O3. The summed E-state index contributed by atoms with van der Waals surface area (Å²) >= 11 is 0. The zero-order valence-electron chi connectivity index (χ0n) is 17.7. The molecule has 5 nitrogen and oxygen atoms in total. The number of carbonyl (C=O) groups excluding carboxylic acids is 2. The monoisotopic (exact) mass is 416 g/mol. The number of nitrogens with one attached hydrogen (secondary N) is 1. The van der Waals surface area contributed by atoms with Crippen molar-refractivity contribution in [2.24, 2.45) is 23.2 Å². The first-order valence-electron chi connectivity index (χ1n) is 11.5. The SMILES string of the molecule is O=C1COc2ccc(NC(=O)C34CC5CC(CC(C5)C3)C4)cc2N1Cc1ccccc1. The Kier molecular flexibility index (Phi) is 4.34. The predicted octanol–water partition coefficient (Wildman–Crippen LogP) is 4.77. The number of nitrogens with zero attached hydrogens (tertiary/aromatic N) is 1. The lowest BCUT2D eigenvalue weighted by atomic mass is 9.49. The van der Waals surface area contributed by atoms with Crippen molar-refractivity contribution in [3.05, 3.63) is 54.1 Å². The van der Waals surface area contributed by atoms with Crippen molar-refractivity contribution < 1.29 is 14.3 Å². The largest absolute Gasteiger partial charge is 0.482 e. The number of amides is 2. The second kappa shape index (κ2) is 7.11. The second-order valence-corrected chi connectivity index (χ2v) is 10.1. The lowest BCUT2D eigenvalue weighted by Crippen LogP contribution is -2.51. The Balaban J connectivity index is 1.25. The first-order chi connectivity index (χ1) is 15.1. The highest BCUT2D eigenvalue weighted by Crippen LogP contribution is 2.60. The molecule has 7 rings (SSSR count). The van der Waals surface area contributed by atoms with Crippen LogP contribution < -0.4 is 15.0 Å². The highest BCUT2D eigenvalue weighted by molar-refractivity contribution is 6.00. The van der Waals surface area contributed by atoms with Gasteiger partial charge >= 0.3 is 0 Å². The fourth-order valence-electron chi connectivity index (χ4n) is 6.87. The smallest absolute Gasteiger partial charge is 0.265 e. The fraction of sp³-hybridized carbons (Fsp3) is 0.462. The van der Waals surface area contributed by atoms with E-state index in [4.69, 9.17) is 4.74 Å². The molecule has 1 N–H and O–H groups in total. The van der Waals surface area contributed by atoms with Crippen LogP contribution >= 0.6 is 0 Å². The van der Waals surface area contributed by atoms with Gasteiger partial charge in [-0.3, -0.25) is 9.59 Å². The zero-order valence-corrected chi connectivity index (χ0v) is 17.7. The molecule has 160 valence electrons. The molecule has 0 unspecified atom stereocenters. The summed E-state index contributed by atoms with van der Waals surface area (Å²) in [6.45, 7) is 0.529. The van der Waals surface area contributed by atoms with E-state index in [2.05, 4.69) is 5.32 Å². The Hall–Kier alpha value is -2.82. The number of rotatable bonds is 4. The Bertz CT molecular complexity index is 997. The molecule has 5 aliphatic rings. The van der Waals surface area contributed by atoms with Gasteiger partial charge in [0.25, 0.3) is 5.91 Å². The van der Waals surface area contributed by atoms with Gasteiger partial charge in [-0.25, -0.2) is 0 Å². The lowest BCUT2D eigenvalue weighted by molar-refractivity contribution is -0.140. The van der Waals surface area contributed by atoms with Crippen molar-refractivity contribution in [2.45, 2.75) is 45.1 Å². The van der Waals surface area contributed by atoms with E-state index in [1.165, 1.54) is 19.3 Å². The molecule has 5 heteroatoms. The second-order valence-electron chi connectivity index (χ2n) is 10.1. The fourth-order valence-corrected chi connectivity index (χ4v) is 6.87. The number of hydrogen-bond donors (Lipinski definition) is 1. The quantitative estimate of drug-likeness (QED) is 0.781. The Morgan fingerprint density at radius 1 is 1.00 bits per heavy atom. The van der Waals surface area contributed by atoms with Gasteiger partial charge < -0.3 is 15.0 Å². The van der Waals surface area contributed by atoms with Gasteiger partial charge in [-0.1, -0.05) is 30.3 Å². The van der Waals surface area contributed by atoms with Crippen LogP contribution in [0.5, 0.6) is 5.75 Å². The maximum Gasteiger partial charge on any atom is 0.265 e. The molecule has 0 saturated heterocycles. The van der Waals surface area contributed by atoms with Crippen LogP contribution in [0.25, 0.3) is 0 Å². The van der Waals surface area contributed by atoms with E-state index in [1.54, 1.807) is 4.90 Å². The number of anilines is 2. The Morgan fingerprint density at radius 3 is 2.35 bits per heavy atom. The van der Waals surface area contributed by atoms with Crippen LogP contribution in [-0.2, 0) is 16.1 Å². The van der Waals surface area contributed by atoms with E-state index < -0.39 is 0 Å². The summed E-state index contributed by atoms with van der Waals surface area (Å²) in [7, 11) is 0. The van der Waals surface area contributed by atoms with Gasteiger partial charge in [0.15, 0.2) is 6.61 Å². The third-order valence-electron chi connectivity index (χ3n) is 7.86. The number of ether oxygens (including phenoxy) is 1. The van der Waals surface area contributed by atoms with Crippen LogP contribution in [-0.4, -0.2) is 18.4 Å². The van der Waals surface area contributed by atoms with Crippen molar-refractivity contribution in [1.82, 2.24) is 0 Å². The minimum Gasteiger partial charge on any atom is -0.482 e. The van der Waals surface area contributed by atoms with Gasteiger partial charge in [0, 0.05) is 5.69 Å². The molecule has 1 heterocycles. The van der Waals surface area contributed by atoms with Crippen LogP contribution in [0.15, 0.2) is 48.5 Å². The number of fused-ring (bicyclic) bond motifs is 1. The molecule has 31 heavy (non-hydrogen) atoms. The summed E-state index contributed by atoms with van der Waals surface area (Å²) < 4.78 is 5.66. The van der Waals surface area contributed by atoms with Gasteiger partial charge in [0.2, 0.25) is 5.91 Å². The standard InChI is InChI=1S/C26H28N2O3/c29-24-16-31-23-7-6-21(11-22(23)28(24)15-17-4-2-1-3-5-17)27-25(30)26-12-18-8-19(13-26)10-20(9-18)14-26/h1-7,11,18-20H,8-10,12-16H2,(H,27,30). The molecule has 4 fully saturated rings. The van der Waals surface area contributed by atoms with Gasteiger partial charge in [-0.15, -0.1) is 0 Å². The molecule has 2 aromatic carbocycles. The lowest BCUT2D eigenvalue weighted by Gasteiger charge is -2.55. The minimum atomic E-state index is -0.194. The number of hydrogen-bond acceptors (Lipinski definition) is 3. The molecule has 0 atom stereocenters. The van der Waals surface area contributed by atoms with E-state index in [0.29, 0.717) is 12.3 Å². The maximum atomic E-state index is 13.4. The topological polar surface area (TPSA) is 58.6 Å². The van der Waals surface area contributed by atoms with E-state index in [0.717, 1.165) is 54.0 Å². The van der Waals surface area contributed by atoms with Crippen LogP contribution in [0.4, 0.5) is 11.4 Å². The van der Waals surface area contributed by atoms with E-state index in [-0.39, 0.29) is 23.8 Å². The molecule has 0 spiro atoms.